The fraction of sp³-hybridized carbons (Fsp3) is 0.364. The Kier molecular flexibility index (Phi) is 3.93. The molecule has 6 nitrogen and oxygen atoms in total. The molecule has 0 aliphatic rings. The Morgan fingerprint density at radius 1 is 1.56 bits per heavy atom. The minimum absolute atomic E-state index is 0.0766. The van der Waals surface area contributed by atoms with E-state index in [0.29, 0.717) is 24.0 Å². The Hall–Kier alpha value is -1.47. The van der Waals surface area contributed by atoms with Crippen molar-refractivity contribution in [1.82, 2.24) is 20.4 Å². The second kappa shape index (κ2) is 5.45. The Bertz CT molecular complexity index is 544. The molecule has 18 heavy (non-hydrogen) atoms. The molecule has 2 rings (SSSR count). The van der Waals surface area contributed by atoms with E-state index in [0.717, 1.165) is 4.47 Å². The number of nitrogens with zero attached hydrogens (tertiary/aromatic N) is 3. The van der Waals surface area contributed by atoms with E-state index in [1.165, 1.54) is 0 Å². The second-order valence-electron chi connectivity index (χ2n) is 3.89. The second-order valence-corrected chi connectivity index (χ2v) is 4.81. The average Bonchev–Trinajstić information content (AvgIpc) is 2.74. The van der Waals surface area contributed by atoms with Crippen LogP contribution >= 0.6 is 15.9 Å². The molecule has 0 aliphatic carbocycles. The van der Waals surface area contributed by atoms with E-state index in [1.54, 1.807) is 19.2 Å². The van der Waals surface area contributed by atoms with Crippen LogP contribution in [0.3, 0.4) is 0 Å². The number of pyridine rings is 1. The SMILES string of the molecule is Cc1nc(C(C)NCc2ncc(Br)cc2O)no1. The van der Waals surface area contributed by atoms with Crippen molar-refractivity contribution in [3.63, 3.8) is 0 Å². The molecule has 1 atom stereocenters. The van der Waals surface area contributed by atoms with Crippen molar-refractivity contribution in [2.75, 3.05) is 0 Å². The quantitative estimate of drug-likeness (QED) is 0.899. The normalized spacial score (nSPS) is 12.6. The predicted molar refractivity (Wildman–Crippen MR) is 67.9 cm³/mol. The van der Waals surface area contributed by atoms with Crippen LogP contribution in [0.25, 0.3) is 0 Å². The Morgan fingerprint density at radius 2 is 2.33 bits per heavy atom. The minimum atomic E-state index is -0.0766. The van der Waals surface area contributed by atoms with E-state index < -0.39 is 0 Å². The van der Waals surface area contributed by atoms with Crippen molar-refractivity contribution in [1.29, 1.82) is 0 Å². The van der Waals surface area contributed by atoms with E-state index in [1.807, 2.05) is 6.92 Å². The standard InChI is InChI=1S/C11H13BrN4O2/c1-6(11-15-7(2)18-16-11)13-5-9-10(17)3-8(12)4-14-9/h3-4,6,13,17H,5H2,1-2H3. The molecule has 0 aromatic carbocycles. The molecule has 0 bridgehead atoms. The minimum Gasteiger partial charge on any atom is -0.506 e. The van der Waals surface area contributed by atoms with Gasteiger partial charge >= 0.3 is 0 Å². The van der Waals surface area contributed by atoms with Gasteiger partial charge in [-0.1, -0.05) is 5.16 Å². The van der Waals surface area contributed by atoms with Crippen molar-refractivity contribution < 1.29 is 9.63 Å². The number of nitrogens with one attached hydrogen (secondary N) is 1. The van der Waals surface area contributed by atoms with Crippen molar-refractivity contribution in [3.8, 4) is 5.75 Å². The number of aryl methyl sites for hydroxylation is 1. The maximum absolute atomic E-state index is 9.70. The first-order chi connectivity index (χ1) is 8.56. The largest absolute Gasteiger partial charge is 0.506 e. The lowest BCUT2D eigenvalue weighted by molar-refractivity contribution is 0.378. The summed E-state index contributed by atoms with van der Waals surface area (Å²) in [7, 11) is 0. The molecule has 2 N–H and O–H groups in total. The summed E-state index contributed by atoms with van der Waals surface area (Å²) >= 11 is 3.24. The fourth-order valence-electron chi connectivity index (χ4n) is 1.43. The van der Waals surface area contributed by atoms with Gasteiger partial charge in [0.05, 0.1) is 11.7 Å². The van der Waals surface area contributed by atoms with Crippen molar-refractivity contribution in [3.05, 3.63) is 34.1 Å². The molecule has 0 aliphatic heterocycles. The van der Waals surface area contributed by atoms with Gasteiger partial charge in [-0.3, -0.25) is 4.98 Å². The first kappa shape index (κ1) is 13.0. The van der Waals surface area contributed by atoms with Crippen LogP contribution in [0.2, 0.25) is 0 Å². The monoisotopic (exact) mass is 312 g/mol. The van der Waals surface area contributed by atoms with Gasteiger partial charge in [0.15, 0.2) is 5.82 Å². The maximum atomic E-state index is 9.70. The first-order valence-electron chi connectivity index (χ1n) is 5.43. The van der Waals surface area contributed by atoms with E-state index in [4.69, 9.17) is 4.52 Å². The van der Waals surface area contributed by atoms with Gasteiger partial charge in [-0.15, -0.1) is 0 Å². The number of rotatable bonds is 4. The average molecular weight is 313 g/mol. The van der Waals surface area contributed by atoms with Crippen LogP contribution in [0.4, 0.5) is 0 Å². The summed E-state index contributed by atoms with van der Waals surface area (Å²) in [5, 5.41) is 16.7. The third kappa shape index (κ3) is 3.05. The molecular formula is C11H13BrN4O2. The van der Waals surface area contributed by atoms with Crippen LogP contribution in [-0.4, -0.2) is 20.2 Å². The van der Waals surface area contributed by atoms with Crippen molar-refractivity contribution >= 4 is 15.9 Å². The molecular weight excluding hydrogens is 300 g/mol. The smallest absolute Gasteiger partial charge is 0.223 e. The molecule has 2 aromatic heterocycles. The summed E-state index contributed by atoms with van der Waals surface area (Å²) in [5.74, 6) is 1.26. The molecule has 7 heteroatoms. The molecule has 0 fully saturated rings. The Labute approximate surface area is 113 Å². The van der Waals surface area contributed by atoms with Gasteiger partial charge in [-0.25, -0.2) is 0 Å². The van der Waals surface area contributed by atoms with Gasteiger partial charge in [-0.2, -0.15) is 4.98 Å². The van der Waals surface area contributed by atoms with Crippen molar-refractivity contribution in [2.45, 2.75) is 26.4 Å². The summed E-state index contributed by atoms with van der Waals surface area (Å²) < 4.78 is 5.65. The zero-order valence-corrected chi connectivity index (χ0v) is 11.6. The van der Waals surface area contributed by atoms with Crippen LogP contribution < -0.4 is 5.32 Å². The molecule has 0 saturated carbocycles. The summed E-state index contributed by atoms with van der Waals surface area (Å²) in [6.45, 7) is 4.08. The van der Waals surface area contributed by atoms with Crippen LogP contribution in [-0.2, 0) is 6.54 Å². The van der Waals surface area contributed by atoms with Gasteiger partial charge in [0, 0.05) is 24.1 Å². The highest BCUT2D eigenvalue weighted by atomic mass is 79.9. The number of aromatic hydroxyl groups is 1. The maximum Gasteiger partial charge on any atom is 0.223 e. The third-order valence-corrected chi connectivity index (χ3v) is 2.85. The number of hydrogen-bond acceptors (Lipinski definition) is 6. The summed E-state index contributed by atoms with van der Waals surface area (Å²) in [6, 6.07) is 1.53. The lowest BCUT2D eigenvalue weighted by atomic mass is 10.2. The lowest BCUT2D eigenvalue weighted by Gasteiger charge is -2.10. The lowest BCUT2D eigenvalue weighted by Crippen LogP contribution is -2.19. The van der Waals surface area contributed by atoms with Gasteiger partial charge in [0.2, 0.25) is 5.89 Å². The van der Waals surface area contributed by atoms with Crippen LogP contribution in [0.15, 0.2) is 21.3 Å². The summed E-state index contributed by atoms with van der Waals surface area (Å²) in [5.41, 5.74) is 0.574. The fourth-order valence-corrected chi connectivity index (χ4v) is 1.74. The number of hydrogen-bond donors (Lipinski definition) is 2. The van der Waals surface area contributed by atoms with Crippen LogP contribution in [0, 0.1) is 6.92 Å². The van der Waals surface area contributed by atoms with Gasteiger partial charge in [0.25, 0.3) is 0 Å². The molecule has 0 radical (unpaired) electrons. The van der Waals surface area contributed by atoms with E-state index >= 15 is 0 Å². The molecule has 1 unspecified atom stereocenters. The van der Waals surface area contributed by atoms with E-state index in [2.05, 4.69) is 36.4 Å². The Morgan fingerprint density at radius 3 is 2.94 bits per heavy atom. The number of aromatic nitrogens is 3. The summed E-state index contributed by atoms with van der Waals surface area (Å²) in [6.07, 6.45) is 1.64. The zero-order chi connectivity index (χ0) is 13.1. The van der Waals surface area contributed by atoms with Gasteiger partial charge in [-0.05, 0) is 28.9 Å². The van der Waals surface area contributed by atoms with E-state index in [-0.39, 0.29) is 11.8 Å². The highest BCUT2D eigenvalue weighted by Crippen LogP contribution is 2.20. The molecule has 0 spiro atoms. The van der Waals surface area contributed by atoms with Crippen LogP contribution in [0.1, 0.15) is 30.4 Å². The van der Waals surface area contributed by atoms with E-state index in [9.17, 15) is 5.11 Å². The van der Waals surface area contributed by atoms with Gasteiger partial charge in [0.1, 0.15) is 5.75 Å². The van der Waals surface area contributed by atoms with Crippen LogP contribution in [0.5, 0.6) is 5.75 Å². The predicted octanol–water partition coefficient (Wildman–Crippen LogP) is 2.09. The molecule has 0 amide bonds. The molecule has 0 saturated heterocycles. The topological polar surface area (TPSA) is 84.1 Å². The third-order valence-electron chi connectivity index (χ3n) is 2.42. The highest BCUT2D eigenvalue weighted by molar-refractivity contribution is 9.10. The highest BCUT2D eigenvalue weighted by Gasteiger charge is 2.12. The number of halogens is 1. The molecule has 2 heterocycles. The Balaban J connectivity index is 1.99. The molecule has 2 aromatic rings. The first-order valence-corrected chi connectivity index (χ1v) is 6.22. The molecule has 96 valence electrons. The zero-order valence-electron chi connectivity index (χ0n) is 10.0. The van der Waals surface area contributed by atoms with Crippen molar-refractivity contribution in [2.24, 2.45) is 0 Å². The summed E-state index contributed by atoms with van der Waals surface area (Å²) in [4.78, 5) is 8.25. The van der Waals surface area contributed by atoms with Gasteiger partial charge < -0.3 is 14.9 Å².